The lowest BCUT2D eigenvalue weighted by Crippen LogP contribution is -2.44. The highest BCUT2D eigenvalue weighted by molar-refractivity contribution is 5.96. The Morgan fingerprint density at radius 3 is 2.86 bits per heavy atom. The third kappa shape index (κ3) is 6.19. The van der Waals surface area contributed by atoms with E-state index in [-0.39, 0.29) is 42.1 Å². The second-order valence-electron chi connectivity index (χ2n) is 9.68. The van der Waals surface area contributed by atoms with Gasteiger partial charge in [0.25, 0.3) is 0 Å². The Labute approximate surface area is 204 Å². The van der Waals surface area contributed by atoms with Crippen molar-refractivity contribution in [3.05, 3.63) is 36.8 Å². The van der Waals surface area contributed by atoms with Gasteiger partial charge in [0.15, 0.2) is 0 Å². The molecule has 2 fully saturated rings. The zero-order valence-corrected chi connectivity index (χ0v) is 20.0. The second kappa shape index (κ2) is 10.9. The van der Waals surface area contributed by atoms with Gasteiger partial charge in [-0.25, -0.2) is 15.0 Å². The van der Waals surface area contributed by atoms with Gasteiger partial charge in [0.2, 0.25) is 24.2 Å². The molecule has 2 aromatic rings. The van der Waals surface area contributed by atoms with E-state index in [4.69, 9.17) is 0 Å². The predicted molar refractivity (Wildman–Crippen MR) is 128 cm³/mol. The quantitative estimate of drug-likeness (QED) is 0.287. The number of carbonyl (C=O) groups is 3. The SMILES string of the molecule is CCCC[C@H](CC(=O)N1CC2(CC2)C[C@H]1C(=O)Nc1nccc(-c2cccnc2)n1)CN(O)C=O. The van der Waals surface area contributed by atoms with E-state index in [2.05, 4.69) is 27.2 Å². The van der Waals surface area contributed by atoms with Crippen LogP contribution in [0.1, 0.15) is 51.9 Å². The van der Waals surface area contributed by atoms with Crippen molar-refractivity contribution in [3.63, 3.8) is 0 Å². The first kappa shape index (κ1) is 24.7. The van der Waals surface area contributed by atoms with Crippen molar-refractivity contribution in [2.75, 3.05) is 18.4 Å². The standard InChI is InChI=1S/C25H32N6O4/c1-2-3-5-18(15-30(35)17-32)12-22(33)31-16-25(8-9-25)13-21(31)23(34)29-24-27-11-7-20(28-24)19-6-4-10-26-14-19/h4,6-7,10-11,14,17-18,21,35H,2-3,5,8-9,12-13,15-16H2,1H3,(H,27,28,29,34)/t18-,21+/m1/s1. The van der Waals surface area contributed by atoms with Gasteiger partial charge in [-0.3, -0.25) is 29.9 Å². The molecule has 3 heterocycles. The van der Waals surface area contributed by atoms with E-state index in [1.807, 2.05) is 12.1 Å². The summed E-state index contributed by atoms with van der Waals surface area (Å²) in [5.41, 5.74) is 1.47. The van der Waals surface area contributed by atoms with E-state index >= 15 is 0 Å². The number of pyridine rings is 1. The molecule has 2 aromatic heterocycles. The molecule has 3 amide bonds. The average molecular weight is 481 g/mol. The molecule has 10 heteroatoms. The summed E-state index contributed by atoms with van der Waals surface area (Å²) in [5, 5.41) is 13.1. The van der Waals surface area contributed by atoms with Crippen LogP contribution in [-0.2, 0) is 14.4 Å². The van der Waals surface area contributed by atoms with Gasteiger partial charge in [0.05, 0.1) is 12.2 Å². The van der Waals surface area contributed by atoms with Crippen LogP contribution in [0.25, 0.3) is 11.3 Å². The monoisotopic (exact) mass is 480 g/mol. The molecule has 0 aromatic carbocycles. The Morgan fingerprint density at radius 2 is 2.17 bits per heavy atom. The topological polar surface area (TPSA) is 129 Å². The van der Waals surface area contributed by atoms with Crippen LogP contribution in [-0.4, -0.2) is 67.5 Å². The third-order valence-electron chi connectivity index (χ3n) is 6.93. The molecule has 2 atom stereocenters. The highest BCUT2D eigenvalue weighted by atomic mass is 16.5. The summed E-state index contributed by atoms with van der Waals surface area (Å²) in [7, 11) is 0. The Balaban J connectivity index is 1.45. The highest BCUT2D eigenvalue weighted by Gasteiger charge is 2.55. The van der Waals surface area contributed by atoms with Crippen molar-refractivity contribution in [3.8, 4) is 11.3 Å². The van der Waals surface area contributed by atoms with E-state index in [1.54, 1.807) is 29.6 Å². The lowest BCUT2D eigenvalue weighted by molar-refractivity contribution is -0.154. The van der Waals surface area contributed by atoms with Crippen molar-refractivity contribution in [2.24, 2.45) is 11.3 Å². The molecule has 10 nitrogen and oxygen atoms in total. The Morgan fingerprint density at radius 1 is 1.34 bits per heavy atom. The largest absolute Gasteiger partial charge is 0.330 e. The lowest BCUT2D eigenvalue weighted by Gasteiger charge is -2.27. The number of unbranched alkanes of at least 4 members (excludes halogenated alkanes) is 1. The fourth-order valence-electron chi connectivity index (χ4n) is 4.80. The summed E-state index contributed by atoms with van der Waals surface area (Å²) in [6, 6.07) is 4.84. The number of rotatable bonds is 11. The second-order valence-corrected chi connectivity index (χ2v) is 9.68. The van der Waals surface area contributed by atoms with Crippen LogP contribution >= 0.6 is 0 Å². The van der Waals surface area contributed by atoms with Crippen LogP contribution in [0.5, 0.6) is 0 Å². The molecule has 1 aliphatic carbocycles. The minimum absolute atomic E-state index is 0.0147. The number of nitrogens with zero attached hydrogens (tertiary/aromatic N) is 5. The smallest absolute Gasteiger partial charge is 0.249 e. The lowest BCUT2D eigenvalue weighted by atomic mass is 9.97. The number of nitrogens with one attached hydrogen (secondary N) is 1. The van der Waals surface area contributed by atoms with Crippen LogP contribution in [0.15, 0.2) is 36.8 Å². The van der Waals surface area contributed by atoms with E-state index < -0.39 is 6.04 Å². The minimum Gasteiger partial charge on any atom is -0.330 e. The van der Waals surface area contributed by atoms with Gasteiger partial charge in [-0.1, -0.05) is 19.8 Å². The van der Waals surface area contributed by atoms with Crippen molar-refractivity contribution >= 4 is 24.2 Å². The summed E-state index contributed by atoms with van der Waals surface area (Å²) in [6.45, 7) is 2.70. The first-order valence-electron chi connectivity index (χ1n) is 12.2. The van der Waals surface area contributed by atoms with Crippen molar-refractivity contribution < 1.29 is 19.6 Å². The first-order chi connectivity index (χ1) is 16.9. The molecule has 0 bridgehead atoms. The minimum atomic E-state index is -0.598. The molecule has 2 N–H and O–H groups in total. The van der Waals surface area contributed by atoms with Crippen LogP contribution in [0.2, 0.25) is 0 Å². The number of hydroxylamine groups is 2. The van der Waals surface area contributed by atoms with E-state index in [0.717, 1.165) is 37.7 Å². The molecular weight excluding hydrogens is 448 g/mol. The summed E-state index contributed by atoms with van der Waals surface area (Å²) in [6.07, 6.45) is 10.7. The molecule has 35 heavy (non-hydrogen) atoms. The number of amides is 3. The van der Waals surface area contributed by atoms with Crippen molar-refractivity contribution in [1.29, 1.82) is 0 Å². The summed E-state index contributed by atoms with van der Waals surface area (Å²) >= 11 is 0. The average Bonchev–Trinajstić information content (AvgIpc) is 3.52. The molecular formula is C25H32N6O4. The van der Waals surface area contributed by atoms with Crippen molar-refractivity contribution in [2.45, 2.75) is 57.9 Å². The fourth-order valence-corrected chi connectivity index (χ4v) is 4.80. The first-order valence-corrected chi connectivity index (χ1v) is 12.2. The van der Waals surface area contributed by atoms with E-state index in [9.17, 15) is 19.6 Å². The van der Waals surface area contributed by atoms with E-state index in [0.29, 0.717) is 30.1 Å². The van der Waals surface area contributed by atoms with Gasteiger partial charge in [-0.2, -0.15) is 0 Å². The Hall–Kier alpha value is -3.40. The van der Waals surface area contributed by atoms with E-state index in [1.165, 1.54) is 0 Å². The molecule has 0 radical (unpaired) electrons. The molecule has 1 spiro atoms. The van der Waals surface area contributed by atoms with Crippen LogP contribution in [0.4, 0.5) is 5.95 Å². The maximum absolute atomic E-state index is 13.3. The van der Waals surface area contributed by atoms with Crippen LogP contribution < -0.4 is 5.32 Å². The van der Waals surface area contributed by atoms with Gasteiger partial charge >= 0.3 is 0 Å². The number of aromatic nitrogens is 3. The predicted octanol–water partition coefficient (Wildman–Crippen LogP) is 2.90. The Bertz CT molecular complexity index is 1050. The number of carbonyl (C=O) groups excluding carboxylic acids is 3. The maximum atomic E-state index is 13.3. The molecule has 0 unspecified atom stereocenters. The zero-order chi connectivity index (χ0) is 24.8. The summed E-state index contributed by atoms with van der Waals surface area (Å²) < 4.78 is 0. The Kier molecular flexibility index (Phi) is 7.70. The van der Waals surface area contributed by atoms with Gasteiger partial charge in [0, 0.05) is 37.1 Å². The maximum Gasteiger partial charge on any atom is 0.249 e. The molecule has 1 saturated carbocycles. The van der Waals surface area contributed by atoms with Gasteiger partial charge in [-0.05, 0) is 55.2 Å². The molecule has 186 valence electrons. The summed E-state index contributed by atoms with van der Waals surface area (Å²) in [5.74, 6) is -0.411. The fraction of sp³-hybridized carbons (Fsp3) is 0.520. The zero-order valence-electron chi connectivity index (χ0n) is 20.0. The van der Waals surface area contributed by atoms with Crippen LogP contribution in [0, 0.1) is 11.3 Å². The molecule has 2 aliphatic rings. The third-order valence-corrected chi connectivity index (χ3v) is 6.93. The number of hydrogen-bond acceptors (Lipinski definition) is 7. The molecule has 1 saturated heterocycles. The van der Waals surface area contributed by atoms with Crippen molar-refractivity contribution in [1.82, 2.24) is 24.9 Å². The summed E-state index contributed by atoms with van der Waals surface area (Å²) in [4.78, 5) is 51.9. The number of anilines is 1. The normalized spacial score (nSPS) is 18.8. The van der Waals surface area contributed by atoms with Gasteiger partial charge < -0.3 is 4.90 Å². The van der Waals surface area contributed by atoms with Gasteiger partial charge in [0.1, 0.15) is 6.04 Å². The number of likely N-dealkylation sites (tertiary alicyclic amines) is 1. The van der Waals surface area contributed by atoms with Crippen LogP contribution in [0.3, 0.4) is 0 Å². The highest BCUT2D eigenvalue weighted by Crippen LogP contribution is 2.55. The molecule has 1 aliphatic heterocycles. The number of hydrogen-bond donors (Lipinski definition) is 2. The molecule has 4 rings (SSSR count). The van der Waals surface area contributed by atoms with Gasteiger partial charge in [-0.15, -0.1) is 0 Å².